The van der Waals surface area contributed by atoms with Crippen molar-refractivity contribution >= 4 is 11.6 Å². The molecular formula is C20H21N5O. The predicted octanol–water partition coefficient (Wildman–Crippen LogP) is 2.34. The molecule has 0 radical (unpaired) electrons. The minimum absolute atomic E-state index is 0.0582. The van der Waals surface area contributed by atoms with Gasteiger partial charge in [-0.2, -0.15) is 5.26 Å². The van der Waals surface area contributed by atoms with Gasteiger partial charge in [0, 0.05) is 25.8 Å². The van der Waals surface area contributed by atoms with Crippen molar-refractivity contribution in [1.29, 1.82) is 5.26 Å². The molecule has 0 unspecified atom stereocenters. The molecule has 0 fully saturated rings. The summed E-state index contributed by atoms with van der Waals surface area (Å²) >= 11 is 0. The van der Waals surface area contributed by atoms with Crippen molar-refractivity contribution in [2.24, 2.45) is 0 Å². The first-order valence-corrected chi connectivity index (χ1v) is 8.59. The number of amides is 1. The largest absolute Gasteiger partial charge is 0.338 e. The highest BCUT2D eigenvalue weighted by molar-refractivity contribution is 5.78. The van der Waals surface area contributed by atoms with Gasteiger partial charge in [0.05, 0.1) is 24.0 Å². The molecule has 0 atom stereocenters. The van der Waals surface area contributed by atoms with Crippen molar-refractivity contribution in [3.05, 3.63) is 71.7 Å². The Morgan fingerprint density at radius 3 is 2.81 bits per heavy atom. The average Bonchev–Trinajstić information content (AvgIpc) is 3.09. The van der Waals surface area contributed by atoms with Crippen molar-refractivity contribution in [2.45, 2.75) is 20.0 Å². The van der Waals surface area contributed by atoms with Crippen molar-refractivity contribution < 1.29 is 4.79 Å². The van der Waals surface area contributed by atoms with Crippen LogP contribution in [-0.2, 0) is 17.9 Å². The number of hydrogen-bond acceptors (Lipinski definition) is 4. The van der Waals surface area contributed by atoms with Crippen LogP contribution in [0, 0.1) is 11.3 Å². The lowest BCUT2D eigenvalue weighted by Crippen LogP contribution is -2.37. The highest BCUT2D eigenvalue weighted by Gasteiger charge is 2.12. The molecule has 132 valence electrons. The zero-order valence-electron chi connectivity index (χ0n) is 14.7. The van der Waals surface area contributed by atoms with Crippen LogP contribution in [-0.4, -0.2) is 33.3 Å². The van der Waals surface area contributed by atoms with Crippen molar-refractivity contribution in [3.63, 3.8) is 0 Å². The maximum Gasteiger partial charge on any atom is 0.236 e. The van der Waals surface area contributed by atoms with E-state index in [0.717, 1.165) is 16.9 Å². The lowest BCUT2D eigenvalue weighted by molar-refractivity contribution is -0.130. The third-order valence-corrected chi connectivity index (χ3v) is 4.24. The standard InChI is InChI=1S/C20H21N5O/c1-2-24(14-16-6-4-3-5-7-16)20(26)13-22-11-18-12-23-19-9-8-17(10-21)15-25(18)19/h3-9,12,15,22H,2,11,13-14H2,1H3. The highest BCUT2D eigenvalue weighted by atomic mass is 16.2. The molecule has 0 spiro atoms. The average molecular weight is 347 g/mol. The van der Waals surface area contributed by atoms with Gasteiger partial charge in [-0.15, -0.1) is 0 Å². The summed E-state index contributed by atoms with van der Waals surface area (Å²) < 4.78 is 1.87. The normalized spacial score (nSPS) is 10.6. The van der Waals surface area contributed by atoms with Crippen LogP contribution in [0.15, 0.2) is 54.9 Å². The third kappa shape index (κ3) is 4.08. The molecule has 2 aromatic heterocycles. The zero-order valence-corrected chi connectivity index (χ0v) is 14.7. The van der Waals surface area contributed by atoms with E-state index in [9.17, 15) is 4.79 Å². The molecule has 0 saturated heterocycles. The Morgan fingerprint density at radius 2 is 2.08 bits per heavy atom. The van der Waals surface area contributed by atoms with Gasteiger partial charge in [-0.3, -0.25) is 4.79 Å². The number of imidazole rings is 1. The molecule has 0 bridgehead atoms. The summed E-state index contributed by atoms with van der Waals surface area (Å²) in [6.45, 7) is 4.01. The summed E-state index contributed by atoms with van der Waals surface area (Å²) in [5.41, 5.74) is 3.39. The van der Waals surface area contributed by atoms with E-state index < -0.39 is 0 Å². The van der Waals surface area contributed by atoms with E-state index in [1.807, 2.05) is 52.6 Å². The summed E-state index contributed by atoms with van der Waals surface area (Å²) in [7, 11) is 0. The van der Waals surface area contributed by atoms with Gasteiger partial charge in [0.2, 0.25) is 5.91 Å². The Kier molecular flexibility index (Phi) is 5.62. The number of hydrogen-bond donors (Lipinski definition) is 1. The van der Waals surface area contributed by atoms with Gasteiger partial charge in [-0.05, 0) is 24.6 Å². The van der Waals surface area contributed by atoms with E-state index >= 15 is 0 Å². The fourth-order valence-electron chi connectivity index (χ4n) is 2.82. The number of carbonyl (C=O) groups is 1. The lowest BCUT2D eigenvalue weighted by atomic mass is 10.2. The van der Waals surface area contributed by atoms with Gasteiger partial charge < -0.3 is 14.6 Å². The summed E-state index contributed by atoms with van der Waals surface area (Å²) in [5.74, 6) is 0.0582. The summed E-state index contributed by atoms with van der Waals surface area (Å²) in [4.78, 5) is 18.6. The zero-order chi connectivity index (χ0) is 18.4. The van der Waals surface area contributed by atoms with Crippen molar-refractivity contribution in [1.82, 2.24) is 19.6 Å². The number of likely N-dealkylation sites (N-methyl/N-ethyl adjacent to an activating group) is 1. The number of fused-ring (bicyclic) bond motifs is 1. The fourth-order valence-corrected chi connectivity index (χ4v) is 2.82. The van der Waals surface area contributed by atoms with E-state index in [1.54, 1.807) is 18.5 Å². The van der Waals surface area contributed by atoms with E-state index in [1.165, 1.54) is 0 Å². The number of pyridine rings is 1. The van der Waals surface area contributed by atoms with Gasteiger partial charge in [0.25, 0.3) is 0 Å². The van der Waals surface area contributed by atoms with E-state index in [-0.39, 0.29) is 12.5 Å². The van der Waals surface area contributed by atoms with Gasteiger partial charge in [-0.1, -0.05) is 30.3 Å². The number of nitriles is 1. The molecule has 0 aliphatic carbocycles. The van der Waals surface area contributed by atoms with Crippen LogP contribution in [0.25, 0.3) is 5.65 Å². The Balaban J connectivity index is 1.58. The topological polar surface area (TPSA) is 73.4 Å². The van der Waals surface area contributed by atoms with Crippen molar-refractivity contribution in [3.8, 4) is 6.07 Å². The van der Waals surface area contributed by atoms with Gasteiger partial charge >= 0.3 is 0 Å². The Bertz CT molecular complexity index is 926. The van der Waals surface area contributed by atoms with Crippen LogP contribution >= 0.6 is 0 Å². The number of nitrogens with one attached hydrogen (secondary N) is 1. The Hall–Kier alpha value is -3.17. The minimum Gasteiger partial charge on any atom is -0.338 e. The molecule has 0 saturated carbocycles. The lowest BCUT2D eigenvalue weighted by Gasteiger charge is -2.21. The SMILES string of the molecule is CCN(Cc1ccccc1)C(=O)CNCc1cnc2ccc(C#N)cn12. The first-order chi connectivity index (χ1) is 12.7. The third-order valence-electron chi connectivity index (χ3n) is 4.24. The second-order valence-corrected chi connectivity index (χ2v) is 6.00. The first kappa shape index (κ1) is 17.6. The number of carbonyl (C=O) groups excluding carboxylic acids is 1. The van der Waals surface area contributed by atoms with Crippen LogP contribution < -0.4 is 5.32 Å². The van der Waals surface area contributed by atoms with Gasteiger partial charge in [-0.25, -0.2) is 4.98 Å². The first-order valence-electron chi connectivity index (χ1n) is 8.59. The Labute approximate surface area is 152 Å². The summed E-state index contributed by atoms with van der Waals surface area (Å²) in [6, 6.07) is 15.6. The molecule has 3 rings (SSSR count). The Morgan fingerprint density at radius 1 is 1.27 bits per heavy atom. The van der Waals surface area contributed by atoms with Crippen LogP contribution in [0.1, 0.15) is 23.7 Å². The highest BCUT2D eigenvalue weighted by Crippen LogP contribution is 2.09. The number of rotatable bonds is 7. The number of aromatic nitrogens is 2. The summed E-state index contributed by atoms with van der Waals surface area (Å²) in [6.07, 6.45) is 3.52. The molecule has 1 N–H and O–H groups in total. The van der Waals surface area contributed by atoms with Gasteiger partial charge in [0.1, 0.15) is 11.7 Å². The smallest absolute Gasteiger partial charge is 0.236 e. The number of benzene rings is 1. The second-order valence-electron chi connectivity index (χ2n) is 6.00. The molecule has 2 heterocycles. The fraction of sp³-hybridized carbons (Fsp3) is 0.250. The molecule has 0 aliphatic rings. The maximum atomic E-state index is 12.5. The molecule has 26 heavy (non-hydrogen) atoms. The van der Waals surface area contributed by atoms with Gasteiger partial charge in [0.15, 0.2) is 0 Å². The minimum atomic E-state index is 0.0582. The van der Waals surface area contributed by atoms with Crippen LogP contribution in [0.2, 0.25) is 0 Å². The monoisotopic (exact) mass is 347 g/mol. The van der Waals surface area contributed by atoms with Crippen LogP contribution in [0.5, 0.6) is 0 Å². The molecule has 3 aromatic rings. The van der Waals surface area contributed by atoms with Crippen LogP contribution in [0.4, 0.5) is 0 Å². The molecular weight excluding hydrogens is 326 g/mol. The van der Waals surface area contributed by atoms with E-state index in [4.69, 9.17) is 5.26 Å². The van der Waals surface area contributed by atoms with E-state index in [2.05, 4.69) is 16.4 Å². The molecule has 6 heteroatoms. The molecule has 1 amide bonds. The summed E-state index contributed by atoms with van der Waals surface area (Å²) in [5, 5.41) is 12.2. The molecule has 1 aromatic carbocycles. The molecule has 6 nitrogen and oxygen atoms in total. The maximum absolute atomic E-state index is 12.5. The van der Waals surface area contributed by atoms with E-state index in [0.29, 0.717) is 25.2 Å². The molecule has 0 aliphatic heterocycles. The predicted molar refractivity (Wildman–Crippen MR) is 99.1 cm³/mol. The van der Waals surface area contributed by atoms with Crippen LogP contribution in [0.3, 0.4) is 0 Å². The second kappa shape index (κ2) is 8.28. The number of nitrogens with zero attached hydrogens (tertiary/aromatic N) is 4. The van der Waals surface area contributed by atoms with Crippen molar-refractivity contribution in [2.75, 3.05) is 13.1 Å². The quantitative estimate of drug-likeness (QED) is 0.712.